The van der Waals surface area contributed by atoms with E-state index in [2.05, 4.69) is 59.5 Å². The van der Waals surface area contributed by atoms with E-state index in [-0.39, 0.29) is 0 Å². The third kappa shape index (κ3) is 3.58. The SMILES string of the molecule is Cc1cc(CNC(C)C)ccc1Sc1ncn[nH]1. The van der Waals surface area contributed by atoms with Crippen LogP contribution in [0, 0.1) is 6.92 Å². The Kier molecular flexibility index (Phi) is 4.38. The molecule has 0 bridgehead atoms. The Morgan fingerprint density at radius 2 is 2.22 bits per heavy atom. The van der Waals surface area contributed by atoms with E-state index in [9.17, 15) is 0 Å². The van der Waals surface area contributed by atoms with Gasteiger partial charge in [-0.15, -0.1) is 0 Å². The third-order valence-corrected chi connectivity index (χ3v) is 3.62. The molecule has 0 atom stereocenters. The van der Waals surface area contributed by atoms with E-state index in [1.54, 1.807) is 11.8 Å². The van der Waals surface area contributed by atoms with Gasteiger partial charge in [-0.2, -0.15) is 5.10 Å². The summed E-state index contributed by atoms with van der Waals surface area (Å²) in [6.07, 6.45) is 1.53. The molecule has 0 spiro atoms. The molecule has 0 aliphatic heterocycles. The van der Waals surface area contributed by atoms with Gasteiger partial charge in [-0.3, -0.25) is 5.10 Å². The Bertz CT molecular complexity index is 494. The highest BCUT2D eigenvalue weighted by Gasteiger charge is 2.04. The predicted molar refractivity (Wildman–Crippen MR) is 73.7 cm³/mol. The van der Waals surface area contributed by atoms with Gasteiger partial charge < -0.3 is 5.32 Å². The lowest BCUT2D eigenvalue weighted by Gasteiger charge is -2.10. The van der Waals surface area contributed by atoms with Gasteiger partial charge in [0.15, 0.2) is 5.16 Å². The molecule has 0 radical (unpaired) electrons. The van der Waals surface area contributed by atoms with E-state index >= 15 is 0 Å². The van der Waals surface area contributed by atoms with Crippen LogP contribution in [0.2, 0.25) is 0 Å². The number of aromatic nitrogens is 3. The van der Waals surface area contributed by atoms with Crippen molar-refractivity contribution in [3.8, 4) is 0 Å². The fourth-order valence-corrected chi connectivity index (χ4v) is 2.37. The largest absolute Gasteiger partial charge is 0.310 e. The third-order valence-electron chi connectivity index (χ3n) is 2.55. The van der Waals surface area contributed by atoms with E-state index in [0.717, 1.165) is 11.7 Å². The van der Waals surface area contributed by atoms with Crippen molar-refractivity contribution in [1.82, 2.24) is 20.5 Å². The summed E-state index contributed by atoms with van der Waals surface area (Å²) in [5.74, 6) is 0. The summed E-state index contributed by atoms with van der Waals surface area (Å²) in [6, 6.07) is 7.02. The predicted octanol–water partition coefficient (Wildman–Crippen LogP) is 2.76. The average molecular weight is 262 g/mol. The molecule has 0 aliphatic carbocycles. The molecule has 18 heavy (non-hydrogen) atoms. The lowest BCUT2D eigenvalue weighted by Crippen LogP contribution is -2.21. The van der Waals surface area contributed by atoms with Crippen molar-refractivity contribution >= 4 is 11.8 Å². The number of nitrogens with zero attached hydrogens (tertiary/aromatic N) is 2. The van der Waals surface area contributed by atoms with Gasteiger partial charge >= 0.3 is 0 Å². The zero-order valence-corrected chi connectivity index (χ0v) is 11.7. The highest BCUT2D eigenvalue weighted by Crippen LogP contribution is 2.27. The number of nitrogens with one attached hydrogen (secondary N) is 2. The molecule has 0 unspecified atom stereocenters. The lowest BCUT2D eigenvalue weighted by molar-refractivity contribution is 0.588. The zero-order valence-electron chi connectivity index (χ0n) is 10.9. The molecule has 1 aromatic carbocycles. The first-order valence-electron chi connectivity index (χ1n) is 6.01. The van der Waals surface area contributed by atoms with Crippen LogP contribution in [0.1, 0.15) is 25.0 Å². The van der Waals surface area contributed by atoms with Gasteiger partial charge in [0.25, 0.3) is 0 Å². The number of hydrogen-bond donors (Lipinski definition) is 2. The molecule has 96 valence electrons. The fraction of sp³-hybridized carbons (Fsp3) is 0.385. The van der Waals surface area contributed by atoms with Crippen molar-refractivity contribution < 1.29 is 0 Å². The first-order valence-corrected chi connectivity index (χ1v) is 6.83. The van der Waals surface area contributed by atoms with Crippen LogP contribution in [0.3, 0.4) is 0 Å². The molecule has 0 saturated heterocycles. The molecule has 0 aliphatic rings. The zero-order chi connectivity index (χ0) is 13.0. The average Bonchev–Trinajstić information content (AvgIpc) is 2.82. The summed E-state index contributed by atoms with van der Waals surface area (Å²) in [5, 5.41) is 10.9. The van der Waals surface area contributed by atoms with Crippen LogP contribution in [-0.4, -0.2) is 21.2 Å². The normalized spacial score (nSPS) is 11.1. The fourth-order valence-electron chi connectivity index (χ4n) is 1.61. The number of rotatable bonds is 5. The van der Waals surface area contributed by atoms with Crippen molar-refractivity contribution in [2.24, 2.45) is 0 Å². The molecular weight excluding hydrogens is 244 g/mol. The maximum absolute atomic E-state index is 4.12. The Hall–Kier alpha value is -1.33. The summed E-state index contributed by atoms with van der Waals surface area (Å²) in [4.78, 5) is 5.33. The van der Waals surface area contributed by atoms with Gasteiger partial charge in [0.05, 0.1) is 0 Å². The van der Waals surface area contributed by atoms with E-state index in [1.165, 1.54) is 22.3 Å². The number of aryl methyl sites for hydroxylation is 1. The molecule has 1 heterocycles. The minimum absolute atomic E-state index is 0.508. The quantitative estimate of drug-likeness (QED) is 0.870. The maximum atomic E-state index is 4.12. The number of aromatic amines is 1. The minimum atomic E-state index is 0.508. The molecule has 4 nitrogen and oxygen atoms in total. The van der Waals surface area contributed by atoms with E-state index in [0.29, 0.717) is 6.04 Å². The van der Waals surface area contributed by atoms with E-state index in [4.69, 9.17) is 0 Å². The van der Waals surface area contributed by atoms with Crippen LogP contribution in [-0.2, 0) is 6.54 Å². The standard InChI is InChI=1S/C13H18N4S/c1-9(2)14-7-11-4-5-12(10(3)6-11)18-13-15-8-16-17-13/h4-6,8-9,14H,7H2,1-3H3,(H,15,16,17). The molecule has 2 N–H and O–H groups in total. The van der Waals surface area contributed by atoms with Crippen LogP contribution >= 0.6 is 11.8 Å². The topological polar surface area (TPSA) is 53.6 Å². The maximum Gasteiger partial charge on any atom is 0.188 e. The summed E-state index contributed by atoms with van der Waals surface area (Å²) in [7, 11) is 0. The molecule has 5 heteroatoms. The molecule has 1 aromatic heterocycles. The summed E-state index contributed by atoms with van der Waals surface area (Å²) in [6.45, 7) is 7.34. The van der Waals surface area contributed by atoms with Gasteiger partial charge in [-0.1, -0.05) is 37.7 Å². The van der Waals surface area contributed by atoms with E-state index in [1.807, 2.05) is 0 Å². The van der Waals surface area contributed by atoms with Crippen LogP contribution in [0.15, 0.2) is 34.6 Å². The highest BCUT2D eigenvalue weighted by atomic mass is 32.2. The van der Waals surface area contributed by atoms with Crippen molar-refractivity contribution in [2.45, 2.75) is 43.4 Å². The summed E-state index contributed by atoms with van der Waals surface area (Å²) >= 11 is 1.60. The van der Waals surface area contributed by atoms with Gasteiger partial charge in [-0.25, -0.2) is 4.98 Å². The molecule has 2 rings (SSSR count). The number of benzene rings is 1. The van der Waals surface area contributed by atoms with E-state index < -0.39 is 0 Å². The van der Waals surface area contributed by atoms with Crippen molar-refractivity contribution in [3.05, 3.63) is 35.7 Å². The van der Waals surface area contributed by atoms with Gasteiger partial charge in [0, 0.05) is 17.5 Å². The number of H-pyrrole nitrogens is 1. The number of hydrogen-bond acceptors (Lipinski definition) is 4. The van der Waals surface area contributed by atoms with Crippen LogP contribution in [0.5, 0.6) is 0 Å². The second kappa shape index (κ2) is 6.02. The summed E-state index contributed by atoms with van der Waals surface area (Å²) in [5.41, 5.74) is 2.57. The summed E-state index contributed by atoms with van der Waals surface area (Å²) < 4.78 is 0. The first kappa shape index (κ1) is 13.1. The van der Waals surface area contributed by atoms with Crippen LogP contribution in [0.25, 0.3) is 0 Å². The molecule has 0 amide bonds. The Morgan fingerprint density at radius 3 is 2.83 bits per heavy atom. The smallest absolute Gasteiger partial charge is 0.188 e. The molecular formula is C13H18N4S. The molecule has 0 fully saturated rings. The first-order chi connectivity index (χ1) is 8.65. The van der Waals surface area contributed by atoms with Crippen LogP contribution < -0.4 is 5.32 Å². The minimum Gasteiger partial charge on any atom is -0.310 e. The lowest BCUT2D eigenvalue weighted by atomic mass is 10.1. The van der Waals surface area contributed by atoms with Crippen LogP contribution in [0.4, 0.5) is 0 Å². The second-order valence-corrected chi connectivity index (χ2v) is 5.56. The van der Waals surface area contributed by atoms with Crippen molar-refractivity contribution in [2.75, 3.05) is 0 Å². The Morgan fingerprint density at radius 1 is 1.39 bits per heavy atom. The van der Waals surface area contributed by atoms with Crippen molar-refractivity contribution in [1.29, 1.82) is 0 Å². The molecule has 2 aromatic rings. The van der Waals surface area contributed by atoms with Gasteiger partial charge in [0.1, 0.15) is 6.33 Å². The van der Waals surface area contributed by atoms with Gasteiger partial charge in [0.2, 0.25) is 0 Å². The molecule has 0 saturated carbocycles. The Labute approximate surface area is 112 Å². The monoisotopic (exact) mass is 262 g/mol. The Balaban J connectivity index is 2.05. The van der Waals surface area contributed by atoms with Gasteiger partial charge in [-0.05, 0) is 24.1 Å². The highest BCUT2D eigenvalue weighted by molar-refractivity contribution is 7.99. The van der Waals surface area contributed by atoms with Crippen molar-refractivity contribution in [3.63, 3.8) is 0 Å². The second-order valence-electron chi connectivity index (χ2n) is 4.53.